The number of hydrogen-bond acceptors (Lipinski definition) is 7. The van der Waals surface area contributed by atoms with Crippen molar-refractivity contribution in [2.75, 3.05) is 47.5 Å². The fraction of sp³-hybridized carbons (Fsp3) is 0.771. The minimum atomic E-state index is -4.39. The van der Waals surface area contributed by atoms with Crippen LogP contribution in [0.2, 0.25) is 0 Å². The first-order valence-electron chi connectivity index (χ1n) is 33.3. The largest absolute Gasteiger partial charge is 0.472 e. The van der Waals surface area contributed by atoms with E-state index in [1.54, 1.807) is 0 Å². The van der Waals surface area contributed by atoms with E-state index in [0.717, 1.165) is 89.9 Å². The molecule has 0 spiro atoms. The number of unbranched alkanes of at least 4 members (excludes halogenated alkanes) is 33. The Hall–Kier alpha value is -2.81. The van der Waals surface area contributed by atoms with Crippen molar-refractivity contribution in [2.45, 2.75) is 302 Å². The number of nitrogens with zero attached hydrogens (tertiary/aromatic N) is 1. The Balaban J connectivity index is 4.09. The molecule has 0 saturated heterocycles. The molecule has 0 saturated carbocycles. The van der Waals surface area contributed by atoms with Crippen LogP contribution in [-0.2, 0) is 32.7 Å². The van der Waals surface area contributed by atoms with E-state index in [-0.39, 0.29) is 25.6 Å². The fourth-order valence-corrected chi connectivity index (χ4v) is 10.1. The number of phosphoric acid groups is 1. The zero-order valence-corrected chi connectivity index (χ0v) is 53.7. The molecule has 0 bridgehead atoms. The van der Waals surface area contributed by atoms with Crippen molar-refractivity contribution in [3.8, 4) is 0 Å². The Morgan fingerprint density at radius 2 is 0.713 bits per heavy atom. The number of quaternary nitrogens is 1. The maximum absolute atomic E-state index is 12.9. The van der Waals surface area contributed by atoms with Crippen molar-refractivity contribution in [3.63, 3.8) is 0 Å². The summed E-state index contributed by atoms with van der Waals surface area (Å²) in [6.07, 6.45) is 82.4. The van der Waals surface area contributed by atoms with Crippen LogP contribution in [0.1, 0.15) is 296 Å². The topological polar surface area (TPSA) is 108 Å². The molecule has 9 nitrogen and oxygen atoms in total. The number of carbonyl (C=O) groups excluding carboxylic acids is 2. The first-order chi connectivity index (χ1) is 39.0. The molecule has 0 aromatic rings. The number of rotatable bonds is 61. The molecule has 0 fully saturated rings. The summed E-state index contributed by atoms with van der Waals surface area (Å²) in [7, 11) is 1.48. The SMILES string of the molecule is CC/C=C\C/C=C\C/C=C\C/C=C\C/C=C\C/C=C\C/C=C\CCCCCCCCCCCCCC(=O)OC(COC(=O)CCCCCCCCCCCCCCCCCCCCCCCCC)COP(=O)(O)OCC[N+](C)(C)C. The van der Waals surface area contributed by atoms with Gasteiger partial charge in [0, 0.05) is 12.8 Å². The van der Waals surface area contributed by atoms with Crippen molar-refractivity contribution in [1.82, 2.24) is 0 Å². The minimum Gasteiger partial charge on any atom is -0.462 e. The first kappa shape index (κ1) is 77.2. The maximum Gasteiger partial charge on any atom is 0.472 e. The second-order valence-electron chi connectivity index (χ2n) is 23.5. The summed E-state index contributed by atoms with van der Waals surface area (Å²) in [5, 5.41) is 0. The van der Waals surface area contributed by atoms with Gasteiger partial charge in [-0.15, -0.1) is 0 Å². The van der Waals surface area contributed by atoms with Gasteiger partial charge in [0.05, 0.1) is 27.7 Å². The van der Waals surface area contributed by atoms with E-state index in [9.17, 15) is 19.0 Å². The molecule has 0 radical (unpaired) electrons. The summed E-state index contributed by atoms with van der Waals surface area (Å²) in [6.45, 7) is 4.36. The molecule has 10 heteroatoms. The average molecular weight is 1140 g/mol. The lowest BCUT2D eigenvalue weighted by Gasteiger charge is -2.24. The first-order valence-corrected chi connectivity index (χ1v) is 34.8. The van der Waals surface area contributed by atoms with Crippen molar-refractivity contribution in [3.05, 3.63) is 85.1 Å². The molecule has 0 aromatic heterocycles. The zero-order valence-electron chi connectivity index (χ0n) is 52.8. The highest BCUT2D eigenvalue weighted by atomic mass is 31.2. The third kappa shape index (κ3) is 64.4. The highest BCUT2D eigenvalue weighted by Gasteiger charge is 2.27. The zero-order chi connectivity index (χ0) is 58.4. The Bertz CT molecular complexity index is 1630. The quantitative estimate of drug-likeness (QED) is 0.0211. The molecule has 0 rings (SSSR count). The Labute approximate surface area is 494 Å². The number of allylic oxidation sites excluding steroid dienone is 14. The van der Waals surface area contributed by atoms with Gasteiger partial charge >= 0.3 is 19.8 Å². The van der Waals surface area contributed by atoms with Crippen LogP contribution in [0.15, 0.2) is 85.1 Å². The number of likely N-dealkylation sites (N-methyl/N-ethyl adjacent to an activating group) is 1. The number of carbonyl (C=O) groups is 2. The lowest BCUT2D eigenvalue weighted by atomic mass is 10.0. The van der Waals surface area contributed by atoms with Crippen LogP contribution < -0.4 is 0 Å². The predicted octanol–water partition coefficient (Wildman–Crippen LogP) is 21.4. The van der Waals surface area contributed by atoms with Gasteiger partial charge in [-0.2, -0.15) is 0 Å². The van der Waals surface area contributed by atoms with Crippen LogP contribution in [0.25, 0.3) is 0 Å². The van der Waals surface area contributed by atoms with Gasteiger partial charge in [-0.25, -0.2) is 4.57 Å². The summed E-state index contributed by atoms with van der Waals surface area (Å²) in [5.41, 5.74) is 0. The molecular weight excluding hydrogens is 1010 g/mol. The van der Waals surface area contributed by atoms with E-state index < -0.39 is 26.5 Å². The Kier molecular flexibility index (Phi) is 58.6. The van der Waals surface area contributed by atoms with Gasteiger partial charge < -0.3 is 18.9 Å². The molecule has 1 N–H and O–H groups in total. The van der Waals surface area contributed by atoms with E-state index in [4.69, 9.17) is 18.5 Å². The van der Waals surface area contributed by atoms with Gasteiger partial charge in [0.15, 0.2) is 6.10 Å². The van der Waals surface area contributed by atoms with E-state index in [1.807, 2.05) is 21.1 Å². The third-order valence-corrected chi connectivity index (χ3v) is 15.4. The normalized spacial score (nSPS) is 13.7. The highest BCUT2D eigenvalue weighted by molar-refractivity contribution is 7.47. The van der Waals surface area contributed by atoms with Crippen LogP contribution in [0, 0.1) is 0 Å². The van der Waals surface area contributed by atoms with Gasteiger partial charge in [-0.05, 0) is 70.6 Å². The van der Waals surface area contributed by atoms with E-state index in [1.165, 1.54) is 173 Å². The lowest BCUT2D eigenvalue weighted by molar-refractivity contribution is -0.870. The van der Waals surface area contributed by atoms with Crippen LogP contribution in [-0.4, -0.2) is 74.9 Å². The molecular formula is C70H127NO8P+. The van der Waals surface area contributed by atoms with Gasteiger partial charge in [0.2, 0.25) is 0 Å². The number of ether oxygens (including phenoxy) is 2. The smallest absolute Gasteiger partial charge is 0.462 e. The van der Waals surface area contributed by atoms with E-state index >= 15 is 0 Å². The van der Waals surface area contributed by atoms with Crippen molar-refractivity contribution < 1.29 is 42.1 Å². The maximum atomic E-state index is 12.9. The molecule has 464 valence electrons. The molecule has 0 aliphatic rings. The second kappa shape index (κ2) is 60.8. The van der Waals surface area contributed by atoms with Crippen LogP contribution in [0.5, 0.6) is 0 Å². The third-order valence-electron chi connectivity index (χ3n) is 14.4. The molecule has 2 unspecified atom stereocenters. The molecule has 0 aliphatic carbocycles. The Morgan fingerprint density at radius 1 is 0.400 bits per heavy atom. The second-order valence-corrected chi connectivity index (χ2v) is 24.9. The minimum absolute atomic E-state index is 0.0298. The predicted molar refractivity (Wildman–Crippen MR) is 344 cm³/mol. The molecule has 80 heavy (non-hydrogen) atoms. The number of phosphoric ester groups is 1. The molecule has 0 aliphatic heterocycles. The summed E-state index contributed by atoms with van der Waals surface area (Å²) in [5.74, 6) is -0.791. The molecule has 0 amide bonds. The van der Waals surface area contributed by atoms with Gasteiger partial charge in [-0.1, -0.05) is 298 Å². The highest BCUT2D eigenvalue weighted by Crippen LogP contribution is 2.43. The van der Waals surface area contributed by atoms with Gasteiger partial charge in [-0.3, -0.25) is 18.6 Å². The number of esters is 2. The summed E-state index contributed by atoms with van der Waals surface area (Å²) >= 11 is 0. The molecule has 2 atom stereocenters. The summed E-state index contributed by atoms with van der Waals surface area (Å²) in [6, 6.07) is 0. The summed E-state index contributed by atoms with van der Waals surface area (Å²) < 4.78 is 34.7. The summed E-state index contributed by atoms with van der Waals surface area (Å²) in [4.78, 5) is 35.8. The van der Waals surface area contributed by atoms with E-state index in [0.29, 0.717) is 23.9 Å². The fourth-order valence-electron chi connectivity index (χ4n) is 9.35. The lowest BCUT2D eigenvalue weighted by Crippen LogP contribution is -2.37. The van der Waals surface area contributed by atoms with Crippen molar-refractivity contribution in [1.29, 1.82) is 0 Å². The van der Waals surface area contributed by atoms with Crippen molar-refractivity contribution in [2.24, 2.45) is 0 Å². The van der Waals surface area contributed by atoms with Gasteiger partial charge in [0.1, 0.15) is 19.8 Å². The molecule has 0 aromatic carbocycles. The van der Waals surface area contributed by atoms with Crippen LogP contribution in [0.3, 0.4) is 0 Å². The monoisotopic (exact) mass is 1140 g/mol. The van der Waals surface area contributed by atoms with Crippen LogP contribution >= 0.6 is 7.82 Å². The van der Waals surface area contributed by atoms with Crippen molar-refractivity contribution >= 4 is 19.8 Å². The molecule has 0 heterocycles. The number of hydrogen-bond donors (Lipinski definition) is 1. The van der Waals surface area contributed by atoms with Gasteiger partial charge in [0.25, 0.3) is 0 Å². The average Bonchev–Trinajstić information content (AvgIpc) is 3.42. The van der Waals surface area contributed by atoms with Crippen LogP contribution in [0.4, 0.5) is 0 Å². The van der Waals surface area contributed by atoms with E-state index in [2.05, 4.69) is 98.9 Å². The Morgan fingerprint density at radius 3 is 1.06 bits per heavy atom. The standard InChI is InChI=1S/C70H126NO8P/c1-6-8-10-12-14-16-18-20-22-24-26-28-30-31-32-33-34-35-36-37-38-39-41-43-45-47-49-51-53-55-57-59-61-63-70(73)79-68(67-78-80(74,75)77-65-64-71(3,4)5)66-76-69(72)62-60-58-56-54-52-50-48-46-44-42-40-29-27-25-23-21-19-17-15-13-11-9-7-2/h8,10,14,16,20,22,26,28,31-32,34-35,37-38,68H,6-7,9,11-13,15,17-19,21,23-25,27,29-30,33,36,39-67H2,1-5H3/p+1/b10-8-,16-14-,22-20-,28-26-,32-31-,35-34-,38-37-.